The highest BCUT2D eigenvalue weighted by Crippen LogP contribution is 2.38. The molecule has 20 heavy (non-hydrogen) atoms. The smallest absolute Gasteiger partial charge is 0.324 e. The van der Waals surface area contributed by atoms with Gasteiger partial charge in [-0.15, -0.1) is 0 Å². The monoisotopic (exact) mass is 282 g/mol. The molecule has 0 amide bonds. The molecule has 0 aliphatic heterocycles. The molecule has 0 spiro atoms. The van der Waals surface area contributed by atoms with Crippen molar-refractivity contribution in [1.29, 1.82) is 0 Å². The van der Waals surface area contributed by atoms with Crippen LogP contribution in [0.3, 0.4) is 0 Å². The highest BCUT2D eigenvalue weighted by atomic mass is 16.4. The standard InChI is InChI=1S/C16H30N2O2/c1-3-17-16(15(19)20)10-5-8-14(16)9-11-18(2)12-13-6-4-7-13/h13-14,17H,3-12H2,1-2H3,(H,19,20). The van der Waals surface area contributed by atoms with Gasteiger partial charge in [0.15, 0.2) is 0 Å². The lowest BCUT2D eigenvalue weighted by atomic mass is 9.83. The molecule has 0 bridgehead atoms. The first kappa shape index (κ1) is 15.8. The zero-order valence-electron chi connectivity index (χ0n) is 13.0. The van der Waals surface area contributed by atoms with Gasteiger partial charge in [0.05, 0.1) is 0 Å². The Labute approximate surface area is 122 Å². The molecule has 2 unspecified atom stereocenters. The van der Waals surface area contributed by atoms with Crippen molar-refractivity contribution in [2.75, 3.05) is 26.7 Å². The fourth-order valence-electron chi connectivity index (χ4n) is 3.96. The molecule has 2 rings (SSSR count). The van der Waals surface area contributed by atoms with Gasteiger partial charge in [-0.1, -0.05) is 19.8 Å². The molecule has 0 aromatic carbocycles. The summed E-state index contributed by atoms with van der Waals surface area (Å²) in [5, 5.41) is 12.9. The summed E-state index contributed by atoms with van der Waals surface area (Å²) in [4.78, 5) is 14.1. The molecule has 0 aromatic rings. The molecule has 4 heteroatoms. The lowest BCUT2D eigenvalue weighted by Gasteiger charge is -2.34. The van der Waals surface area contributed by atoms with E-state index in [1.165, 1.54) is 25.8 Å². The van der Waals surface area contributed by atoms with E-state index in [4.69, 9.17) is 0 Å². The molecule has 0 radical (unpaired) electrons. The molecule has 116 valence electrons. The SMILES string of the molecule is CCNC1(C(=O)O)CCCC1CCN(C)CC1CCC1. The van der Waals surface area contributed by atoms with Gasteiger partial charge in [-0.2, -0.15) is 0 Å². The molecule has 2 fully saturated rings. The van der Waals surface area contributed by atoms with Gasteiger partial charge >= 0.3 is 5.97 Å². The number of rotatable bonds is 8. The highest BCUT2D eigenvalue weighted by Gasteiger charge is 2.48. The van der Waals surface area contributed by atoms with Crippen LogP contribution in [-0.4, -0.2) is 48.2 Å². The fourth-order valence-corrected chi connectivity index (χ4v) is 3.96. The molecule has 0 heterocycles. The van der Waals surface area contributed by atoms with E-state index >= 15 is 0 Å². The lowest BCUT2D eigenvalue weighted by Crippen LogP contribution is -2.55. The number of hydrogen-bond acceptors (Lipinski definition) is 3. The summed E-state index contributed by atoms with van der Waals surface area (Å²) in [6.07, 6.45) is 8.03. The Morgan fingerprint density at radius 3 is 2.65 bits per heavy atom. The number of likely N-dealkylation sites (N-methyl/N-ethyl adjacent to an activating group) is 1. The summed E-state index contributed by atoms with van der Waals surface area (Å²) >= 11 is 0. The van der Waals surface area contributed by atoms with Crippen LogP contribution in [0.25, 0.3) is 0 Å². The first-order valence-corrected chi connectivity index (χ1v) is 8.25. The van der Waals surface area contributed by atoms with Crippen LogP contribution in [-0.2, 0) is 4.79 Å². The van der Waals surface area contributed by atoms with E-state index in [-0.39, 0.29) is 5.92 Å². The van der Waals surface area contributed by atoms with Gasteiger partial charge in [0.2, 0.25) is 0 Å². The number of carboxylic acid groups (broad SMARTS) is 1. The predicted octanol–water partition coefficient (Wildman–Crippen LogP) is 2.34. The minimum absolute atomic E-state index is 0.281. The number of nitrogens with zero attached hydrogens (tertiary/aromatic N) is 1. The largest absolute Gasteiger partial charge is 0.480 e. The van der Waals surface area contributed by atoms with E-state index in [2.05, 4.69) is 17.3 Å². The van der Waals surface area contributed by atoms with Crippen LogP contribution >= 0.6 is 0 Å². The number of nitrogens with one attached hydrogen (secondary N) is 1. The maximum Gasteiger partial charge on any atom is 0.324 e. The maximum atomic E-state index is 11.7. The summed E-state index contributed by atoms with van der Waals surface area (Å²) < 4.78 is 0. The van der Waals surface area contributed by atoms with Crippen LogP contribution in [0.2, 0.25) is 0 Å². The first-order chi connectivity index (χ1) is 9.58. The van der Waals surface area contributed by atoms with Crippen molar-refractivity contribution in [1.82, 2.24) is 10.2 Å². The summed E-state index contributed by atoms with van der Waals surface area (Å²) in [5.41, 5.74) is -0.661. The number of hydrogen-bond donors (Lipinski definition) is 2. The topological polar surface area (TPSA) is 52.6 Å². The van der Waals surface area contributed by atoms with Gasteiger partial charge in [0, 0.05) is 6.54 Å². The molecular weight excluding hydrogens is 252 g/mol. The van der Waals surface area contributed by atoms with E-state index in [0.717, 1.165) is 44.7 Å². The van der Waals surface area contributed by atoms with Crippen molar-refractivity contribution in [2.45, 2.75) is 57.4 Å². The molecule has 4 nitrogen and oxygen atoms in total. The minimum atomic E-state index is -0.661. The van der Waals surface area contributed by atoms with Gasteiger partial charge < -0.3 is 15.3 Å². The molecular formula is C16H30N2O2. The number of carboxylic acids is 1. The minimum Gasteiger partial charge on any atom is -0.480 e. The summed E-state index contributed by atoms with van der Waals surface area (Å²) in [7, 11) is 2.18. The quantitative estimate of drug-likeness (QED) is 0.717. The number of carbonyl (C=O) groups is 1. The molecule has 0 aromatic heterocycles. The van der Waals surface area contributed by atoms with Crippen LogP contribution in [0.15, 0.2) is 0 Å². The normalized spacial score (nSPS) is 30.6. The van der Waals surface area contributed by atoms with Gasteiger partial charge in [-0.25, -0.2) is 0 Å². The van der Waals surface area contributed by atoms with Crippen molar-refractivity contribution in [3.05, 3.63) is 0 Å². The van der Waals surface area contributed by atoms with Gasteiger partial charge in [0.25, 0.3) is 0 Å². The summed E-state index contributed by atoms with van der Waals surface area (Å²) in [6.45, 7) is 4.96. The zero-order chi connectivity index (χ0) is 14.6. The van der Waals surface area contributed by atoms with Crippen molar-refractivity contribution in [3.63, 3.8) is 0 Å². The maximum absolute atomic E-state index is 11.7. The summed E-state index contributed by atoms with van der Waals surface area (Å²) in [5.74, 6) is 0.522. The average Bonchev–Trinajstić information content (AvgIpc) is 2.76. The van der Waals surface area contributed by atoms with E-state index in [9.17, 15) is 9.90 Å². The van der Waals surface area contributed by atoms with Crippen molar-refractivity contribution in [2.24, 2.45) is 11.8 Å². The van der Waals surface area contributed by atoms with Crippen LogP contribution in [0.4, 0.5) is 0 Å². The van der Waals surface area contributed by atoms with Crippen LogP contribution < -0.4 is 5.32 Å². The van der Waals surface area contributed by atoms with Crippen molar-refractivity contribution in [3.8, 4) is 0 Å². The Bertz CT molecular complexity index is 330. The lowest BCUT2D eigenvalue weighted by molar-refractivity contribution is -0.146. The third-order valence-electron chi connectivity index (χ3n) is 5.35. The third-order valence-corrected chi connectivity index (χ3v) is 5.35. The Kier molecular flexibility index (Phi) is 5.44. The first-order valence-electron chi connectivity index (χ1n) is 8.25. The molecule has 0 saturated heterocycles. The van der Waals surface area contributed by atoms with Crippen LogP contribution in [0.5, 0.6) is 0 Å². The van der Waals surface area contributed by atoms with E-state index in [1.807, 2.05) is 6.92 Å². The molecule has 2 atom stereocenters. The number of aliphatic carboxylic acids is 1. The molecule has 2 aliphatic rings. The molecule has 2 saturated carbocycles. The second-order valence-corrected chi connectivity index (χ2v) is 6.74. The average molecular weight is 282 g/mol. The second-order valence-electron chi connectivity index (χ2n) is 6.74. The van der Waals surface area contributed by atoms with Gasteiger partial charge in [0.1, 0.15) is 5.54 Å². The Morgan fingerprint density at radius 2 is 2.10 bits per heavy atom. The van der Waals surface area contributed by atoms with E-state index in [1.54, 1.807) is 0 Å². The molecule has 2 aliphatic carbocycles. The Hall–Kier alpha value is -0.610. The van der Waals surface area contributed by atoms with Crippen LogP contribution in [0.1, 0.15) is 51.9 Å². The van der Waals surface area contributed by atoms with E-state index < -0.39 is 11.5 Å². The summed E-state index contributed by atoms with van der Waals surface area (Å²) in [6, 6.07) is 0. The third kappa shape index (κ3) is 3.34. The Morgan fingerprint density at radius 1 is 1.35 bits per heavy atom. The Balaban J connectivity index is 1.84. The fraction of sp³-hybridized carbons (Fsp3) is 0.938. The molecule has 2 N–H and O–H groups in total. The van der Waals surface area contributed by atoms with Gasteiger partial charge in [-0.3, -0.25) is 4.79 Å². The van der Waals surface area contributed by atoms with E-state index in [0.29, 0.717) is 0 Å². The van der Waals surface area contributed by atoms with Gasteiger partial charge in [-0.05, 0) is 64.1 Å². The predicted molar refractivity (Wildman–Crippen MR) is 80.8 cm³/mol. The van der Waals surface area contributed by atoms with Crippen molar-refractivity contribution < 1.29 is 9.90 Å². The van der Waals surface area contributed by atoms with Crippen molar-refractivity contribution >= 4 is 5.97 Å². The zero-order valence-corrected chi connectivity index (χ0v) is 13.0. The highest BCUT2D eigenvalue weighted by molar-refractivity contribution is 5.79. The van der Waals surface area contributed by atoms with Crippen LogP contribution in [0, 0.1) is 11.8 Å². The second kappa shape index (κ2) is 6.90.